The minimum Gasteiger partial charge on any atom is -0.480 e. The SMILES string of the molecule is CC/C=C\C/C=C\C/C=C\C/C=C\CCCCCCCCCCCOCC(COP(=O)(O)OCC(N)C(=O)O)OC(=O)CCCCCCCCCC/C=C\C/C=C\C/C=C\CCCCCCC. The van der Waals surface area contributed by atoms with Crippen LogP contribution in [0.5, 0.6) is 0 Å². The van der Waals surface area contributed by atoms with E-state index in [4.69, 9.17) is 29.4 Å². The molecule has 0 rings (SSSR count). The van der Waals surface area contributed by atoms with Crippen LogP contribution in [0, 0.1) is 0 Å². The number of phosphoric acid groups is 1. The summed E-state index contributed by atoms with van der Waals surface area (Å²) in [5.74, 6) is -1.79. The molecular formula is C56H98NO9P. The molecule has 0 aliphatic rings. The Labute approximate surface area is 409 Å². The van der Waals surface area contributed by atoms with Crippen molar-refractivity contribution in [1.29, 1.82) is 0 Å². The molecule has 11 heteroatoms. The number of hydrogen-bond acceptors (Lipinski definition) is 8. The molecule has 0 bridgehead atoms. The number of allylic oxidation sites excluding steroid dienone is 14. The molecule has 4 N–H and O–H groups in total. The molecule has 3 unspecified atom stereocenters. The Bertz CT molecular complexity index is 1390. The van der Waals surface area contributed by atoms with Crippen molar-refractivity contribution >= 4 is 19.8 Å². The third kappa shape index (κ3) is 50.8. The molecule has 0 heterocycles. The van der Waals surface area contributed by atoms with Crippen molar-refractivity contribution in [2.24, 2.45) is 5.73 Å². The van der Waals surface area contributed by atoms with Crippen LogP contribution in [0.2, 0.25) is 0 Å². The highest BCUT2D eigenvalue weighted by Gasteiger charge is 2.27. The molecule has 0 aliphatic heterocycles. The number of carboxylic acids is 1. The number of carboxylic acid groups (broad SMARTS) is 1. The first-order valence-corrected chi connectivity index (χ1v) is 28.1. The van der Waals surface area contributed by atoms with E-state index < -0.39 is 45.1 Å². The zero-order valence-corrected chi connectivity index (χ0v) is 43.4. The van der Waals surface area contributed by atoms with Gasteiger partial charge in [-0.25, -0.2) is 4.57 Å². The fourth-order valence-corrected chi connectivity index (χ4v) is 7.85. The minimum atomic E-state index is -4.63. The standard InChI is InChI=1S/C56H98NO9P/c1-3-5-7-9-11-13-15-17-19-21-23-25-27-28-30-32-34-36-38-40-42-44-46-48-55(58)66-53(51-64-67(61,62)65-52-54(57)56(59)60)50-63-49-47-45-43-41-39-37-35-33-31-29-26-24-22-20-18-16-14-12-10-8-6-4-2/h6,8,12,14-15,17-18,20-21,23-24,26-28,53-54H,3-5,7,9-11,13,16,19,22,25,29-52,57H2,1-2H3,(H,59,60)(H,61,62)/b8-6-,14-12-,17-15-,20-18-,23-21-,26-24-,28-27-. The molecule has 0 amide bonds. The molecule has 0 aliphatic carbocycles. The average Bonchev–Trinajstić information content (AvgIpc) is 3.31. The van der Waals surface area contributed by atoms with Gasteiger partial charge in [-0.15, -0.1) is 0 Å². The lowest BCUT2D eigenvalue weighted by Crippen LogP contribution is -2.34. The molecule has 0 spiro atoms. The fourth-order valence-electron chi connectivity index (χ4n) is 7.07. The first-order valence-electron chi connectivity index (χ1n) is 26.6. The maximum atomic E-state index is 12.7. The summed E-state index contributed by atoms with van der Waals surface area (Å²) in [4.78, 5) is 33.7. The predicted molar refractivity (Wildman–Crippen MR) is 281 cm³/mol. The summed E-state index contributed by atoms with van der Waals surface area (Å²) in [7, 11) is -4.63. The van der Waals surface area contributed by atoms with Gasteiger partial charge in [-0.3, -0.25) is 18.6 Å². The smallest absolute Gasteiger partial charge is 0.472 e. The van der Waals surface area contributed by atoms with Gasteiger partial charge in [0, 0.05) is 13.0 Å². The highest BCUT2D eigenvalue weighted by Crippen LogP contribution is 2.43. The van der Waals surface area contributed by atoms with Gasteiger partial charge in [0.05, 0.1) is 19.8 Å². The van der Waals surface area contributed by atoms with Crippen LogP contribution in [0.4, 0.5) is 0 Å². The summed E-state index contributed by atoms with van der Waals surface area (Å²) in [5, 5.41) is 8.94. The normalized spacial score (nSPS) is 14.3. The second-order valence-electron chi connectivity index (χ2n) is 17.6. The molecule has 10 nitrogen and oxygen atoms in total. The molecule has 0 radical (unpaired) electrons. The monoisotopic (exact) mass is 960 g/mol. The number of nitrogens with two attached hydrogens (primary N) is 1. The van der Waals surface area contributed by atoms with Gasteiger partial charge in [-0.2, -0.15) is 0 Å². The zero-order chi connectivity index (χ0) is 49.0. The number of rotatable bonds is 50. The largest absolute Gasteiger partial charge is 0.480 e. The van der Waals surface area contributed by atoms with Crippen LogP contribution in [0.3, 0.4) is 0 Å². The number of ether oxygens (including phenoxy) is 2. The Morgan fingerprint density at radius 2 is 0.866 bits per heavy atom. The first kappa shape index (κ1) is 64.2. The van der Waals surface area contributed by atoms with Crippen LogP contribution in [0.15, 0.2) is 85.1 Å². The summed E-state index contributed by atoms with van der Waals surface area (Å²) in [5.41, 5.74) is 5.38. The average molecular weight is 960 g/mol. The van der Waals surface area contributed by atoms with E-state index in [1.54, 1.807) is 0 Å². The molecule has 0 aromatic carbocycles. The second-order valence-corrected chi connectivity index (χ2v) is 19.1. The maximum Gasteiger partial charge on any atom is 0.472 e. The Kier molecular flexibility index (Phi) is 48.8. The van der Waals surface area contributed by atoms with Gasteiger partial charge >= 0.3 is 19.8 Å². The maximum absolute atomic E-state index is 12.7. The van der Waals surface area contributed by atoms with E-state index in [9.17, 15) is 19.0 Å². The number of unbranched alkanes of at least 4 members (excludes halogenated alkanes) is 22. The topological polar surface area (TPSA) is 155 Å². The Balaban J connectivity index is 4.17. The van der Waals surface area contributed by atoms with Crippen molar-refractivity contribution < 1.29 is 42.7 Å². The van der Waals surface area contributed by atoms with Crippen LogP contribution < -0.4 is 5.73 Å². The Hall–Kier alpha value is -2.85. The lowest BCUT2D eigenvalue weighted by atomic mass is 10.1. The van der Waals surface area contributed by atoms with Crippen molar-refractivity contribution in [2.75, 3.05) is 26.4 Å². The molecule has 386 valence electrons. The van der Waals surface area contributed by atoms with E-state index in [2.05, 4.69) is 98.9 Å². The van der Waals surface area contributed by atoms with Gasteiger partial charge in [0.25, 0.3) is 0 Å². The van der Waals surface area contributed by atoms with Crippen LogP contribution in [0.1, 0.15) is 219 Å². The molecule has 0 saturated heterocycles. The summed E-state index contributed by atoms with van der Waals surface area (Å²) >= 11 is 0. The summed E-state index contributed by atoms with van der Waals surface area (Å²) in [6.45, 7) is 3.75. The molecule has 0 saturated carbocycles. The van der Waals surface area contributed by atoms with Gasteiger partial charge in [0.15, 0.2) is 0 Å². The summed E-state index contributed by atoms with van der Waals surface area (Å²) in [6, 6.07) is -1.48. The van der Waals surface area contributed by atoms with Crippen molar-refractivity contribution in [3.05, 3.63) is 85.1 Å². The van der Waals surface area contributed by atoms with Gasteiger partial charge < -0.3 is 25.2 Å². The lowest BCUT2D eigenvalue weighted by Gasteiger charge is -2.20. The van der Waals surface area contributed by atoms with E-state index in [1.807, 2.05) is 0 Å². The lowest BCUT2D eigenvalue weighted by molar-refractivity contribution is -0.154. The number of phosphoric ester groups is 1. The predicted octanol–water partition coefficient (Wildman–Crippen LogP) is 15.9. The van der Waals surface area contributed by atoms with E-state index in [0.717, 1.165) is 89.9 Å². The van der Waals surface area contributed by atoms with Gasteiger partial charge in [0.1, 0.15) is 12.1 Å². The molecule has 67 heavy (non-hydrogen) atoms. The van der Waals surface area contributed by atoms with Crippen molar-refractivity contribution in [2.45, 2.75) is 231 Å². The molecule has 0 aromatic rings. The number of aliphatic carboxylic acids is 1. The third-order valence-corrected chi connectivity index (χ3v) is 12.1. The third-order valence-electron chi connectivity index (χ3n) is 11.2. The van der Waals surface area contributed by atoms with E-state index in [0.29, 0.717) is 13.0 Å². The van der Waals surface area contributed by atoms with E-state index in [1.165, 1.54) is 103 Å². The number of carbonyl (C=O) groups is 2. The number of hydrogen-bond donors (Lipinski definition) is 3. The highest BCUT2D eigenvalue weighted by molar-refractivity contribution is 7.47. The highest BCUT2D eigenvalue weighted by atomic mass is 31.2. The van der Waals surface area contributed by atoms with Crippen molar-refractivity contribution in [3.8, 4) is 0 Å². The second kappa shape index (κ2) is 51.0. The van der Waals surface area contributed by atoms with Gasteiger partial charge in [-0.1, -0.05) is 208 Å². The van der Waals surface area contributed by atoms with Gasteiger partial charge in [-0.05, 0) is 89.9 Å². The fraction of sp³-hybridized carbons (Fsp3) is 0.714. The van der Waals surface area contributed by atoms with Gasteiger partial charge in [0.2, 0.25) is 0 Å². The van der Waals surface area contributed by atoms with Crippen LogP contribution in [-0.4, -0.2) is 60.5 Å². The summed E-state index contributed by atoms with van der Waals surface area (Å²) in [6.07, 6.45) is 66.4. The zero-order valence-electron chi connectivity index (χ0n) is 42.5. The summed E-state index contributed by atoms with van der Waals surface area (Å²) < 4.78 is 33.5. The first-order chi connectivity index (χ1) is 32.7. The van der Waals surface area contributed by atoms with Crippen molar-refractivity contribution in [1.82, 2.24) is 0 Å². The number of esters is 1. The number of carbonyl (C=O) groups excluding carboxylic acids is 1. The van der Waals surface area contributed by atoms with Crippen molar-refractivity contribution in [3.63, 3.8) is 0 Å². The van der Waals surface area contributed by atoms with Crippen LogP contribution in [-0.2, 0) is 32.7 Å². The minimum absolute atomic E-state index is 0.00531. The Morgan fingerprint density at radius 1 is 0.493 bits per heavy atom. The Morgan fingerprint density at radius 3 is 1.30 bits per heavy atom. The van der Waals surface area contributed by atoms with Crippen LogP contribution in [0.25, 0.3) is 0 Å². The molecule has 0 aromatic heterocycles. The quantitative estimate of drug-likeness (QED) is 0.0232. The van der Waals surface area contributed by atoms with E-state index in [-0.39, 0.29) is 13.0 Å². The molecular weight excluding hydrogens is 862 g/mol. The molecule has 3 atom stereocenters. The molecule has 0 fully saturated rings. The van der Waals surface area contributed by atoms with Crippen LogP contribution >= 0.6 is 7.82 Å². The van der Waals surface area contributed by atoms with E-state index >= 15 is 0 Å².